The van der Waals surface area contributed by atoms with Gasteiger partial charge in [0.25, 0.3) is 5.56 Å². The molecule has 0 aliphatic rings. The third-order valence-corrected chi connectivity index (χ3v) is 5.08. The molecular weight excluding hydrogens is 375 g/mol. The van der Waals surface area contributed by atoms with Crippen LogP contribution in [0.4, 0.5) is 4.39 Å². The Kier molecular flexibility index (Phi) is 7.75. The number of aryl methyl sites for hydroxylation is 2. The number of pyridine rings is 1. The van der Waals surface area contributed by atoms with Gasteiger partial charge < -0.3 is 9.47 Å². The summed E-state index contributed by atoms with van der Waals surface area (Å²) in [5, 5.41) is 0. The van der Waals surface area contributed by atoms with Gasteiger partial charge in [0, 0.05) is 25.4 Å². The summed E-state index contributed by atoms with van der Waals surface area (Å²) in [7, 11) is 2.14. The van der Waals surface area contributed by atoms with Crippen molar-refractivity contribution in [3.63, 3.8) is 0 Å². The fraction of sp³-hybridized carbons (Fsp3) is 0.269. The van der Waals surface area contributed by atoms with E-state index in [1.54, 1.807) is 22.8 Å². The Morgan fingerprint density at radius 2 is 1.60 bits per heavy atom. The van der Waals surface area contributed by atoms with Crippen LogP contribution in [-0.2, 0) is 19.5 Å². The van der Waals surface area contributed by atoms with Crippen molar-refractivity contribution in [3.8, 4) is 0 Å². The summed E-state index contributed by atoms with van der Waals surface area (Å²) in [4.78, 5) is 14.7. The molecule has 4 heteroatoms. The smallest absolute Gasteiger partial charge is 0.251 e. The van der Waals surface area contributed by atoms with E-state index in [9.17, 15) is 9.18 Å². The van der Waals surface area contributed by atoms with Gasteiger partial charge in [-0.1, -0.05) is 55.5 Å². The van der Waals surface area contributed by atoms with E-state index in [-0.39, 0.29) is 11.4 Å². The summed E-state index contributed by atoms with van der Waals surface area (Å²) >= 11 is 0. The van der Waals surface area contributed by atoms with Gasteiger partial charge in [-0.2, -0.15) is 0 Å². The van der Waals surface area contributed by atoms with Crippen molar-refractivity contribution in [3.05, 3.63) is 105 Å². The molecule has 0 unspecified atom stereocenters. The van der Waals surface area contributed by atoms with Gasteiger partial charge >= 0.3 is 0 Å². The molecule has 0 fully saturated rings. The predicted molar refractivity (Wildman–Crippen MR) is 123 cm³/mol. The van der Waals surface area contributed by atoms with Crippen molar-refractivity contribution in [2.24, 2.45) is 0 Å². The molecule has 0 N–H and O–H groups in total. The summed E-state index contributed by atoms with van der Waals surface area (Å²) in [5.41, 5.74) is 4.24. The van der Waals surface area contributed by atoms with Crippen molar-refractivity contribution in [2.75, 3.05) is 13.6 Å². The second kappa shape index (κ2) is 10.7. The molecule has 0 aliphatic heterocycles. The van der Waals surface area contributed by atoms with Gasteiger partial charge in [-0.3, -0.25) is 4.79 Å². The number of benzene rings is 2. The standard InChI is InChI=1S/C26H29FN2O/c1-3-16-28(2)20-24-8-5-22(6-9-24)14-17-29-18-15-23(19-26(29)30)7-4-21-10-12-25(27)13-11-21/h4-13,15,18-19H,3,14,16-17,20H2,1-2H3/b7-4+. The molecule has 0 bridgehead atoms. The zero-order valence-corrected chi connectivity index (χ0v) is 17.7. The Morgan fingerprint density at radius 3 is 2.27 bits per heavy atom. The zero-order chi connectivity index (χ0) is 21.3. The summed E-state index contributed by atoms with van der Waals surface area (Å²) in [6.45, 7) is 4.89. The molecule has 0 saturated heterocycles. The van der Waals surface area contributed by atoms with E-state index in [1.165, 1.54) is 23.3 Å². The second-order valence-corrected chi connectivity index (χ2v) is 7.68. The molecule has 1 heterocycles. The second-order valence-electron chi connectivity index (χ2n) is 7.68. The van der Waals surface area contributed by atoms with Crippen molar-refractivity contribution in [1.29, 1.82) is 0 Å². The Morgan fingerprint density at radius 1 is 0.933 bits per heavy atom. The van der Waals surface area contributed by atoms with Crippen LogP contribution in [0.2, 0.25) is 0 Å². The van der Waals surface area contributed by atoms with Crippen LogP contribution in [0.3, 0.4) is 0 Å². The lowest BCUT2D eigenvalue weighted by Gasteiger charge is -2.15. The van der Waals surface area contributed by atoms with E-state index in [4.69, 9.17) is 0 Å². The molecule has 2 aromatic carbocycles. The van der Waals surface area contributed by atoms with E-state index < -0.39 is 0 Å². The Bertz CT molecular complexity index is 1020. The van der Waals surface area contributed by atoms with Gasteiger partial charge in [-0.05, 0) is 66.9 Å². The van der Waals surface area contributed by atoms with Crippen molar-refractivity contribution in [2.45, 2.75) is 32.9 Å². The molecule has 1 aromatic heterocycles. The highest BCUT2D eigenvalue weighted by Crippen LogP contribution is 2.10. The van der Waals surface area contributed by atoms with Crippen LogP contribution in [0.15, 0.2) is 71.7 Å². The molecule has 30 heavy (non-hydrogen) atoms. The monoisotopic (exact) mass is 404 g/mol. The third kappa shape index (κ3) is 6.53. The van der Waals surface area contributed by atoms with Crippen LogP contribution in [-0.4, -0.2) is 23.1 Å². The molecule has 3 aromatic rings. The fourth-order valence-electron chi connectivity index (χ4n) is 3.41. The fourth-order valence-corrected chi connectivity index (χ4v) is 3.41. The van der Waals surface area contributed by atoms with Gasteiger partial charge in [0.05, 0.1) is 0 Å². The average molecular weight is 405 g/mol. The van der Waals surface area contributed by atoms with Crippen molar-refractivity contribution < 1.29 is 4.39 Å². The first-order chi connectivity index (χ1) is 14.5. The van der Waals surface area contributed by atoms with Crippen LogP contribution in [0.5, 0.6) is 0 Å². The molecule has 0 saturated carbocycles. The quantitative estimate of drug-likeness (QED) is 0.487. The van der Waals surface area contributed by atoms with Gasteiger partial charge in [0.2, 0.25) is 0 Å². The van der Waals surface area contributed by atoms with E-state index in [0.29, 0.717) is 6.54 Å². The number of nitrogens with zero attached hydrogens (tertiary/aromatic N) is 2. The Hall–Kier alpha value is -2.98. The third-order valence-electron chi connectivity index (χ3n) is 5.08. The lowest BCUT2D eigenvalue weighted by atomic mass is 10.1. The minimum atomic E-state index is -0.256. The molecule has 0 amide bonds. The summed E-state index contributed by atoms with van der Waals surface area (Å²) in [6.07, 6.45) is 7.55. The first kappa shape index (κ1) is 21.7. The highest BCUT2D eigenvalue weighted by atomic mass is 19.1. The average Bonchev–Trinajstić information content (AvgIpc) is 2.74. The molecule has 0 spiro atoms. The van der Waals surface area contributed by atoms with E-state index in [2.05, 4.69) is 43.1 Å². The number of hydrogen-bond donors (Lipinski definition) is 0. The van der Waals surface area contributed by atoms with Gasteiger partial charge in [-0.15, -0.1) is 0 Å². The molecule has 0 radical (unpaired) electrons. The molecule has 0 atom stereocenters. The number of aromatic nitrogens is 1. The van der Waals surface area contributed by atoms with Gasteiger partial charge in [0.1, 0.15) is 5.82 Å². The molecule has 3 nitrogen and oxygen atoms in total. The van der Waals surface area contributed by atoms with E-state index >= 15 is 0 Å². The highest BCUT2D eigenvalue weighted by Gasteiger charge is 2.02. The Labute approximate surface area is 178 Å². The van der Waals surface area contributed by atoms with Crippen LogP contribution in [0.1, 0.15) is 35.6 Å². The summed E-state index contributed by atoms with van der Waals surface area (Å²) in [5.74, 6) is -0.256. The maximum atomic E-state index is 13.0. The lowest BCUT2D eigenvalue weighted by molar-refractivity contribution is 0.327. The minimum Gasteiger partial charge on any atom is -0.315 e. The van der Waals surface area contributed by atoms with Gasteiger partial charge in [-0.25, -0.2) is 4.39 Å². The molecule has 156 valence electrons. The maximum absolute atomic E-state index is 13.0. The zero-order valence-electron chi connectivity index (χ0n) is 17.7. The first-order valence-corrected chi connectivity index (χ1v) is 10.4. The molecule has 0 aliphatic carbocycles. The van der Waals surface area contributed by atoms with E-state index in [0.717, 1.165) is 37.1 Å². The van der Waals surface area contributed by atoms with Gasteiger partial charge in [0.15, 0.2) is 0 Å². The van der Waals surface area contributed by atoms with Crippen LogP contribution in [0.25, 0.3) is 12.2 Å². The number of halogens is 1. The summed E-state index contributed by atoms with van der Waals surface area (Å²) in [6, 6.07) is 18.5. The summed E-state index contributed by atoms with van der Waals surface area (Å²) < 4.78 is 14.7. The van der Waals surface area contributed by atoms with Crippen molar-refractivity contribution >= 4 is 12.2 Å². The molecular formula is C26H29FN2O. The largest absolute Gasteiger partial charge is 0.315 e. The topological polar surface area (TPSA) is 25.2 Å². The minimum absolute atomic E-state index is 0.0194. The van der Waals surface area contributed by atoms with Crippen LogP contribution in [0, 0.1) is 5.82 Å². The highest BCUT2D eigenvalue weighted by molar-refractivity contribution is 5.69. The first-order valence-electron chi connectivity index (χ1n) is 10.4. The number of rotatable bonds is 9. The maximum Gasteiger partial charge on any atom is 0.251 e. The number of hydrogen-bond acceptors (Lipinski definition) is 2. The van der Waals surface area contributed by atoms with Crippen LogP contribution >= 0.6 is 0 Å². The lowest BCUT2D eigenvalue weighted by Crippen LogP contribution is -2.20. The van der Waals surface area contributed by atoms with Crippen molar-refractivity contribution in [1.82, 2.24) is 9.47 Å². The normalized spacial score (nSPS) is 11.5. The van der Waals surface area contributed by atoms with E-state index in [1.807, 2.05) is 24.4 Å². The SMILES string of the molecule is CCCN(C)Cc1ccc(CCn2ccc(/C=C/c3ccc(F)cc3)cc2=O)cc1. The van der Waals surface area contributed by atoms with Crippen LogP contribution < -0.4 is 5.56 Å². The predicted octanol–water partition coefficient (Wildman–Crippen LogP) is 5.24. The molecule has 3 rings (SSSR count). The Balaban J connectivity index is 1.57.